The molecule has 2 aliphatic rings. The predicted octanol–water partition coefficient (Wildman–Crippen LogP) is 1.26. The van der Waals surface area contributed by atoms with Crippen molar-refractivity contribution in [3.63, 3.8) is 0 Å². The fourth-order valence-electron chi connectivity index (χ4n) is 3.39. The maximum Gasteiger partial charge on any atom is 0.335 e. The van der Waals surface area contributed by atoms with E-state index in [4.69, 9.17) is 14.3 Å². The lowest BCUT2D eigenvalue weighted by molar-refractivity contribution is -0.183. The summed E-state index contributed by atoms with van der Waals surface area (Å²) in [6, 6.07) is 7.72. The molecular formula is C18H23N5O4. The number of nitrogens with one attached hydrogen (secondary N) is 1. The van der Waals surface area contributed by atoms with Gasteiger partial charge >= 0.3 is 5.97 Å². The lowest BCUT2D eigenvalue weighted by atomic mass is 10.1. The molecule has 1 spiro atoms. The number of nitrogens with zero attached hydrogens (tertiary/aromatic N) is 4. The van der Waals surface area contributed by atoms with Crippen molar-refractivity contribution >= 4 is 5.97 Å². The minimum Gasteiger partial charge on any atom is -0.347 e. The van der Waals surface area contributed by atoms with Crippen LogP contribution in [0.2, 0.25) is 0 Å². The zero-order valence-corrected chi connectivity index (χ0v) is 15.3. The fraction of sp³-hybridized carbons (Fsp3) is 0.556. The summed E-state index contributed by atoms with van der Waals surface area (Å²) in [4.78, 5) is 17.9. The van der Waals surface area contributed by atoms with E-state index in [1.54, 1.807) is 0 Å². The van der Waals surface area contributed by atoms with E-state index >= 15 is 0 Å². The van der Waals surface area contributed by atoms with E-state index in [0.717, 1.165) is 41.9 Å². The fourth-order valence-corrected chi connectivity index (χ4v) is 3.39. The van der Waals surface area contributed by atoms with E-state index in [2.05, 4.69) is 20.8 Å². The summed E-state index contributed by atoms with van der Waals surface area (Å²) in [7, 11) is 0. The third-order valence-electron chi connectivity index (χ3n) is 4.85. The second kappa shape index (κ2) is 7.71. The van der Waals surface area contributed by atoms with Crippen LogP contribution in [0.5, 0.6) is 0 Å². The van der Waals surface area contributed by atoms with Crippen molar-refractivity contribution in [1.29, 1.82) is 0 Å². The molecule has 4 rings (SSSR count). The van der Waals surface area contributed by atoms with Crippen molar-refractivity contribution in [1.82, 2.24) is 25.7 Å². The number of tetrazole rings is 1. The van der Waals surface area contributed by atoms with Crippen LogP contribution in [-0.4, -0.2) is 51.8 Å². The summed E-state index contributed by atoms with van der Waals surface area (Å²) in [6.45, 7) is 4.27. The number of benzene rings is 1. The Kier molecular flexibility index (Phi) is 5.15. The van der Waals surface area contributed by atoms with Gasteiger partial charge in [0.15, 0.2) is 5.79 Å². The van der Waals surface area contributed by atoms with E-state index in [1.165, 1.54) is 0 Å². The van der Waals surface area contributed by atoms with Gasteiger partial charge in [-0.25, -0.2) is 4.79 Å². The van der Waals surface area contributed by atoms with Gasteiger partial charge < -0.3 is 19.6 Å². The molecule has 0 saturated carbocycles. The smallest absolute Gasteiger partial charge is 0.335 e. The minimum absolute atomic E-state index is 0.0875. The molecular weight excluding hydrogens is 350 g/mol. The first kappa shape index (κ1) is 18.0. The number of hydrogen-bond acceptors (Lipinski definition) is 8. The Morgan fingerprint density at radius 3 is 2.85 bits per heavy atom. The van der Waals surface area contributed by atoms with Crippen LogP contribution in [0.3, 0.4) is 0 Å². The Labute approximate surface area is 156 Å². The van der Waals surface area contributed by atoms with Crippen molar-refractivity contribution in [3.05, 3.63) is 29.8 Å². The number of ether oxygens (including phenoxy) is 2. The molecule has 3 heterocycles. The van der Waals surface area contributed by atoms with Crippen LogP contribution in [-0.2, 0) is 14.3 Å². The predicted molar refractivity (Wildman–Crippen MR) is 94.4 cm³/mol. The highest BCUT2D eigenvalue weighted by Crippen LogP contribution is 2.38. The Balaban J connectivity index is 1.46. The van der Waals surface area contributed by atoms with E-state index < -0.39 is 5.79 Å². The van der Waals surface area contributed by atoms with Crippen LogP contribution in [0.4, 0.5) is 0 Å². The van der Waals surface area contributed by atoms with E-state index in [-0.39, 0.29) is 12.1 Å². The van der Waals surface area contributed by atoms with Gasteiger partial charge in [0.1, 0.15) is 6.10 Å². The zero-order valence-electron chi connectivity index (χ0n) is 15.3. The molecule has 27 heavy (non-hydrogen) atoms. The molecule has 0 radical (unpaired) electrons. The van der Waals surface area contributed by atoms with Gasteiger partial charge in [-0.15, -0.1) is 5.10 Å². The highest BCUT2D eigenvalue weighted by atomic mass is 16.7. The van der Waals surface area contributed by atoms with Crippen LogP contribution in [0.15, 0.2) is 24.3 Å². The quantitative estimate of drug-likeness (QED) is 0.782. The van der Waals surface area contributed by atoms with Crippen LogP contribution in [0, 0.1) is 0 Å². The first-order chi connectivity index (χ1) is 13.2. The molecule has 2 fully saturated rings. The molecule has 1 aromatic carbocycles. The third kappa shape index (κ3) is 3.85. The first-order valence-corrected chi connectivity index (χ1v) is 9.31. The van der Waals surface area contributed by atoms with Gasteiger partial charge in [0.25, 0.3) is 0 Å². The molecule has 2 aliphatic heterocycles. The van der Waals surface area contributed by atoms with Crippen LogP contribution >= 0.6 is 0 Å². The standard InChI is InChI=1S/C18H23N5O4/c1-2-3-16(24)27-23-17(20-21-22-23)14-6-4-13(5-7-14)15-12-25-18(26-15)8-10-19-11-9-18/h4-7,15,19H,2-3,8-12H2,1H3. The molecule has 9 nitrogen and oxygen atoms in total. The summed E-state index contributed by atoms with van der Waals surface area (Å²) >= 11 is 0. The van der Waals surface area contributed by atoms with Crippen molar-refractivity contribution in [2.24, 2.45) is 0 Å². The third-order valence-corrected chi connectivity index (χ3v) is 4.85. The average molecular weight is 373 g/mol. The summed E-state index contributed by atoms with van der Waals surface area (Å²) in [5, 5.41) is 14.6. The van der Waals surface area contributed by atoms with Gasteiger partial charge in [-0.05, 0) is 27.3 Å². The molecule has 2 aromatic rings. The molecule has 2 saturated heterocycles. The molecule has 1 N–H and O–H groups in total. The largest absolute Gasteiger partial charge is 0.347 e. The first-order valence-electron chi connectivity index (χ1n) is 9.31. The lowest BCUT2D eigenvalue weighted by Gasteiger charge is -2.32. The van der Waals surface area contributed by atoms with Gasteiger partial charge in [-0.1, -0.05) is 31.2 Å². The topological polar surface area (TPSA) is 100 Å². The molecule has 9 heteroatoms. The van der Waals surface area contributed by atoms with Crippen molar-refractivity contribution in [2.75, 3.05) is 19.7 Å². The Morgan fingerprint density at radius 2 is 2.11 bits per heavy atom. The monoisotopic (exact) mass is 373 g/mol. The summed E-state index contributed by atoms with van der Waals surface area (Å²) in [5.74, 6) is -0.442. The van der Waals surface area contributed by atoms with Gasteiger partial charge in [0.05, 0.1) is 6.61 Å². The summed E-state index contributed by atoms with van der Waals surface area (Å²) in [5.41, 5.74) is 1.79. The highest BCUT2D eigenvalue weighted by Gasteiger charge is 2.42. The summed E-state index contributed by atoms with van der Waals surface area (Å²) < 4.78 is 12.2. The summed E-state index contributed by atoms with van der Waals surface area (Å²) in [6.07, 6.45) is 2.65. The normalized spacial score (nSPS) is 21.4. The SMILES string of the molecule is CCCC(=O)On1nnnc1-c1ccc(C2COC3(CCNCC3)O2)cc1. The number of carbonyl (C=O) groups excluding carboxylic acids is 1. The zero-order chi connectivity index (χ0) is 18.7. The second-order valence-electron chi connectivity index (χ2n) is 6.79. The Hall–Kier alpha value is -2.36. The van der Waals surface area contributed by atoms with Crippen molar-refractivity contribution in [2.45, 2.75) is 44.5 Å². The number of rotatable bonds is 5. The van der Waals surface area contributed by atoms with Crippen molar-refractivity contribution in [3.8, 4) is 11.4 Å². The van der Waals surface area contributed by atoms with Crippen molar-refractivity contribution < 1.29 is 19.1 Å². The van der Waals surface area contributed by atoms with Crippen LogP contribution in [0.25, 0.3) is 11.4 Å². The van der Waals surface area contributed by atoms with E-state index in [9.17, 15) is 4.79 Å². The van der Waals surface area contributed by atoms with Gasteiger partial charge in [-0.2, -0.15) is 0 Å². The molecule has 0 aliphatic carbocycles. The number of carbonyl (C=O) groups is 1. The van der Waals surface area contributed by atoms with E-state index in [1.807, 2.05) is 31.2 Å². The second-order valence-corrected chi connectivity index (χ2v) is 6.79. The van der Waals surface area contributed by atoms with Crippen LogP contribution < -0.4 is 10.2 Å². The maximum atomic E-state index is 11.7. The van der Waals surface area contributed by atoms with Crippen LogP contribution in [0.1, 0.15) is 44.3 Å². The Morgan fingerprint density at radius 1 is 1.33 bits per heavy atom. The number of piperidine rings is 1. The van der Waals surface area contributed by atoms with Gasteiger partial charge in [-0.3, -0.25) is 0 Å². The molecule has 0 amide bonds. The van der Waals surface area contributed by atoms with Gasteiger partial charge in [0, 0.05) is 37.9 Å². The maximum absolute atomic E-state index is 11.7. The Bertz CT molecular complexity index is 785. The lowest BCUT2D eigenvalue weighted by Crippen LogP contribution is -2.42. The average Bonchev–Trinajstić information content (AvgIpc) is 3.30. The molecule has 144 valence electrons. The highest BCUT2D eigenvalue weighted by molar-refractivity contribution is 5.70. The number of aromatic nitrogens is 4. The molecule has 1 aromatic heterocycles. The molecule has 1 unspecified atom stereocenters. The minimum atomic E-state index is -0.452. The molecule has 1 atom stereocenters. The molecule has 0 bridgehead atoms. The van der Waals surface area contributed by atoms with E-state index in [0.29, 0.717) is 25.3 Å². The van der Waals surface area contributed by atoms with Gasteiger partial charge in [0.2, 0.25) is 5.82 Å². The number of hydrogen-bond donors (Lipinski definition) is 1.